The van der Waals surface area contributed by atoms with Crippen LogP contribution in [-0.2, 0) is 0 Å². The Hall–Kier alpha value is -0.890. The molecule has 1 unspecified atom stereocenters. The van der Waals surface area contributed by atoms with Gasteiger partial charge in [0.2, 0.25) is 0 Å². The highest BCUT2D eigenvalue weighted by Crippen LogP contribution is 2.19. The quantitative estimate of drug-likeness (QED) is 0.780. The van der Waals surface area contributed by atoms with Crippen molar-refractivity contribution in [3.05, 3.63) is 30.1 Å². The predicted octanol–water partition coefficient (Wildman–Crippen LogP) is 2.94. The molecule has 78 valence electrons. The molecule has 0 spiro atoms. The monoisotopic (exact) mass is 193 g/mol. The van der Waals surface area contributed by atoms with Crippen LogP contribution in [0.2, 0.25) is 0 Å². The molecular weight excluding hydrogens is 174 g/mol. The molecule has 1 aromatic heterocycles. The van der Waals surface area contributed by atoms with Crippen LogP contribution >= 0.6 is 0 Å². The standard InChI is InChI=1S/C12H19NO/c1-10(2)4-3-5-12(14)11-6-8-13-9-7-11/h6-10,12,14H,3-5H2,1-2H3. The Labute approximate surface area is 86.0 Å². The fraction of sp³-hybridized carbons (Fsp3) is 0.583. The summed E-state index contributed by atoms with van der Waals surface area (Å²) in [6, 6.07) is 3.75. The Morgan fingerprint density at radius 2 is 1.86 bits per heavy atom. The molecule has 0 aliphatic rings. The van der Waals surface area contributed by atoms with Crippen molar-refractivity contribution in [2.24, 2.45) is 5.92 Å². The van der Waals surface area contributed by atoms with Gasteiger partial charge in [-0.1, -0.05) is 26.7 Å². The lowest BCUT2D eigenvalue weighted by Gasteiger charge is -2.11. The lowest BCUT2D eigenvalue weighted by Crippen LogP contribution is -1.98. The lowest BCUT2D eigenvalue weighted by atomic mass is 10.0. The minimum atomic E-state index is -0.322. The molecule has 1 heterocycles. The van der Waals surface area contributed by atoms with Gasteiger partial charge in [-0.3, -0.25) is 4.98 Å². The van der Waals surface area contributed by atoms with E-state index >= 15 is 0 Å². The number of aromatic nitrogens is 1. The highest BCUT2D eigenvalue weighted by molar-refractivity contribution is 5.12. The molecule has 1 N–H and O–H groups in total. The fourth-order valence-electron chi connectivity index (χ4n) is 1.47. The van der Waals surface area contributed by atoms with E-state index in [1.54, 1.807) is 12.4 Å². The molecule has 14 heavy (non-hydrogen) atoms. The van der Waals surface area contributed by atoms with Gasteiger partial charge in [0.1, 0.15) is 0 Å². The van der Waals surface area contributed by atoms with Crippen molar-refractivity contribution in [3.63, 3.8) is 0 Å². The maximum Gasteiger partial charge on any atom is 0.0791 e. The van der Waals surface area contributed by atoms with Gasteiger partial charge >= 0.3 is 0 Å². The third-order valence-electron chi connectivity index (χ3n) is 2.35. The van der Waals surface area contributed by atoms with Crippen LogP contribution in [-0.4, -0.2) is 10.1 Å². The number of hydrogen-bond acceptors (Lipinski definition) is 2. The SMILES string of the molecule is CC(C)CCCC(O)c1ccncc1. The van der Waals surface area contributed by atoms with Crippen LogP contribution in [0, 0.1) is 5.92 Å². The van der Waals surface area contributed by atoms with E-state index in [-0.39, 0.29) is 6.10 Å². The molecule has 0 aliphatic carbocycles. The van der Waals surface area contributed by atoms with E-state index < -0.39 is 0 Å². The Bertz CT molecular complexity index is 246. The summed E-state index contributed by atoms with van der Waals surface area (Å²) in [6.45, 7) is 4.41. The molecule has 1 aromatic rings. The summed E-state index contributed by atoms with van der Waals surface area (Å²) in [6.07, 6.45) is 6.24. The van der Waals surface area contributed by atoms with Crippen molar-refractivity contribution in [2.45, 2.75) is 39.2 Å². The van der Waals surface area contributed by atoms with Crippen LogP contribution in [0.1, 0.15) is 44.8 Å². The number of hydrogen-bond donors (Lipinski definition) is 1. The van der Waals surface area contributed by atoms with Gasteiger partial charge in [-0.05, 0) is 30.0 Å². The smallest absolute Gasteiger partial charge is 0.0791 e. The molecular formula is C12H19NO. The summed E-state index contributed by atoms with van der Waals surface area (Å²) in [5.74, 6) is 0.722. The number of rotatable bonds is 5. The van der Waals surface area contributed by atoms with Gasteiger partial charge in [-0.2, -0.15) is 0 Å². The second-order valence-electron chi connectivity index (χ2n) is 4.12. The molecule has 0 bridgehead atoms. The van der Waals surface area contributed by atoms with Gasteiger partial charge in [0.25, 0.3) is 0 Å². The van der Waals surface area contributed by atoms with Crippen LogP contribution in [0.15, 0.2) is 24.5 Å². The summed E-state index contributed by atoms with van der Waals surface area (Å²) in [5.41, 5.74) is 0.976. The molecule has 0 aromatic carbocycles. The average molecular weight is 193 g/mol. The highest BCUT2D eigenvalue weighted by atomic mass is 16.3. The number of aliphatic hydroxyl groups is 1. The van der Waals surface area contributed by atoms with Gasteiger partial charge in [0.05, 0.1) is 6.10 Å². The largest absolute Gasteiger partial charge is 0.388 e. The molecule has 0 aliphatic heterocycles. The van der Waals surface area contributed by atoms with Crippen molar-refractivity contribution in [2.75, 3.05) is 0 Å². The summed E-state index contributed by atoms with van der Waals surface area (Å²) in [4.78, 5) is 3.93. The van der Waals surface area contributed by atoms with Crippen molar-refractivity contribution < 1.29 is 5.11 Å². The third kappa shape index (κ3) is 3.88. The Balaban J connectivity index is 2.32. The van der Waals surface area contributed by atoms with E-state index in [0.29, 0.717) is 0 Å². The van der Waals surface area contributed by atoms with Crippen molar-refractivity contribution in [1.29, 1.82) is 0 Å². The molecule has 1 rings (SSSR count). The maximum atomic E-state index is 9.81. The summed E-state index contributed by atoms with van der Waals surface area (Å²) < 4.78 is 0. The van der Waals surface area contributed by atoms with E-state index in [0.717, 1.165) is 24.3 Å². The number of aliphatic hydroxyl groups excluding tert-OH is 1. The lowest BCUT2D eigenvalue weighted by molar-refractivity contribution is 0.162. The van der Waals surface area contributed by atoms with Crippen molar-refractivity contribution in [1.82, 2.24) is 4.98 Å². The van der Waals surface area contributed by atoms with Crippen molar-refractivity contribution in [3.8, 4) is 0 Å². The summed E-state index contributed by atoms with van der Waals surface area (Å²) in [7, 11) is 0. The molecule has 2 nitrogen and oxygen atoms in total. The first-order valence-electron chi connectivity index (χ1n) is 5.28. The zero-order valence-electron chi connectivity index (χ0n) is 8.98. The van der Waals surface area contributed by atoms with Crippen LogP contribution in [0.4, 0.5) is 0 Å². The van der Waals surface area contributed by atoms with Gasteiger partial charge in [0.15, 0.2) is 0 Å². The Morgan fingerprint density at radius 1 is 1.21 bits per heavy atom. The third-order valence-corrected chi connectivity index (χ3v) is 2.35. The first-order valence-corrected chi connectivity index (χ1v) is 5.28. The van der Waals surface area contributed by atoms with Gasteiger partial charge < -0.3 is 5.11 Å². The minimum Gasteiger partial charge on any atom is -0.388 e. The van der Waals surface area contributed by atoms with E-state index in [1.807, 2.05) is 12.1 Å². The molecule has 0 saturated carbocycles. The molecule has 0 fully saturated rings. The van der Waals surface area contributed by atoms with E-state index in [1.165, 1.54) is 6.42 Å². The molecule has 1 atom stereocenters. The van der Waals surface area contributed by atoms with Gasteiger partial charge in [0, 0.05) is 12.4 Å². The first kappa shape index (κ1) is 11.2. The average Bonchev–Trinajstić information content (AvgIpc) is 2.18. The second-order valence-corrected chi connectivity index (χ2v) is 4.12. The zero-order chi connectivity index (χ0) is 10.4. The van der Waals surface area contributed by atoms with Crippen LogP contribution in [0.5, 0.6) is 0 Å². The Morgan fingerprint density at radius 3 is 2.43 bits per heavy atom. The van der Waals surface area contributed by atoms with Crippen molar-refractivity contribution >= 4 is 0 Å². The zero-order valence-corrected chi connectivity index (χ0v) is 8.98. The van der Waals surface area contributed by atoms with Crippen LogP contribution in [0.25, 0.3) is 0 Å². The number of nitrogens with zero attached hydrogens (tertiary/aromatic N) is 1. The van der Waals surface area contributed by atoms with Crippen LogP contribution < -0.4 is 0 Å². The predicted molar refractivity (Wildman–Crippen MR) is 57.9 cm³/mol. The van der Waals surface area contributed by atoms with Gasteiger partial charge in [-0.25, -0.2) is 0 Å². The Kier molecular flexibility index (Phi) is 4.60. The summed E-state index contributed by atoms with van der Waals surface area (Å²) in [5, 5.41) is 9.81. The van der Waals surface area contributed by atoms with Crippen LogP contribution in [0.3, 0.4) is 0 Å². The van der Waals surface area contributed by atoms with E-state index in [9.17, 15) is 5.11 Å². The molecule has 0 radical (unpaired) electrons. The highest BCUT2D eigenvalue weighted by Gasteiger charge is 2.06. The normalized spacial score (nSPS) is 13.1. The molecule has 2 heteroatoms. The molecule has 0 saturated heterocycles. The van der Waals surface area contributed by atoms with E-state index in [2.05, 4.69) is 18.8 Å². The summed E-state index contributed by atoms with van der Waals surface area (Å²) >= 11 is 0. The fourth-order valence-corrected chi connectivity index (χ4v) is 1.47. The van der Waals surface area contributed by atoms with E-state index in [4.69, 9.17) is 0 Å². The minimum absolute atomic E-state index is 0.322. The number of pyridine rings is 1. The first-order chi connectivity index (χ1) is 6.70. The van der Waals surface area contributed by atoms with Gasteiger partial charge in [-0.15, -0.1) is 0 Å². The molecule has 0 amide bonds. The topological polar surface area (TPSA) is 33.1 Å². The maximum absolute atomic E-state index is 9.81. The second kappa shape index (κ2) is 5.76.